The first-order valence-corrected chi connectivity index (χ1v) is 6.08. The number of aryl methyl sites for hydroxylation is 3. The molecule has 0 aliphatic rings. The minimum Gasteiger partial charge on any atom is -0.294 e. The summed E-state index contributed by atoms with van der Waals surface area (Å²) in [5.74, 6) is 0.110. The second-order valence-corrected chi connectivity index (χ2v) is 4.44. The molecule has 4 heteroatoms. The summed E-state index contributed by atoms with van der Waals surface area (Å²) in [7, 11) is 0. The van der Waals surface area contributed by atoms with E-state index in [4.69, 9.17) is 0 Å². The summed E-state index contributed by atoms with van der Waals surface area (Å²) in [5, 5.41) is 4.17. The van der Waals surface area contributed by atoms with Crippen LogP contribution in [0.5, 0.6) is 0 Å². The molecule has 0 saturated carbocycles. The predicted molar refractivity (Wildman–Crippen MR) is 69.6 cm³/mol. The molecule has 0 spiro atoms. The number of rotatable bonds is 4. The summed E-state index contributed by atoms with van der Waals surface area (Å²) in [6.45, 7) is 6.65. The summed E-state index contributed by atoms with van der Waals surface area (Å²) >= 11 is 0. The van der Waals surface area contributed by atoms with Crippen LogP contribution in [-0.2, 0) is 13.0 Å². The summed E-state index contributed by atoms with van der Waals surface area (Å²) < 4.78 is 1.83. The van der Waals surface area contributed by atoms with Gasteiger partial charge in [-0.15, -0.1) is 0 Å². The van der Waals surface area contributed by atoms with Gasteiger partial charge in [-0.05, 0) is 38.5 Å². The van der Waals surface area contributed by atoms with Crippen molar-refractivity contribution in [2.75, 3.05) is 0 Å². The average molecular weight is 243 g/mol. The molecule has 0 aliphatic heterocycles. The maximum atomic E-state index is 12.2. The molecule has 2 rings (SSSR count). The van der Waals surface area contributed by atoms with Crippen LogP contribution in [0, 0.1) is 13.8 Å². The van der Waals surface area contributed by atoms with Crippen molar-refractivity contribution >= 4 is 5.78 Å². The minimum absolute atomic E-state index is 0.110. The number of carbonyl (C=O) groups excluding carboxylic acids is 1. The molecule has 0 N–H and O–H groups in total. The number of carbonyl (C=O) groups is 1. The molecule has 94 valence electrons. The quantitative estimate of drug-likeness (QED) is 0.774. The Morgan fingerprint density at radius 3 is 2.50 bits per heavy atom. The van der Waals surface area contributed by atoms with Gasteiger partial charge in [0.2, 0.25) is 0 Å². The Hall–Kier alpha value is -1.97. The largest absolute Gasteiger partial charge is 0.294 e. The zero-order valence-corrected chi connectivity index (χ0v) is 11.0. The van der Waals surface area contributed by atoms with Gasteiger partial charge in [0, 0.05) is 36.1 Å². The van der Waals surface area contributed by atoms with Gasteiger partial charge < -0.3 is 0 Å². The van der Waals surface area contributed by atoms with E-state index in [1.807, 2.05) is 43.8 Å². The van der Waals surface area contributed by atoms with Crippen LogP contribution in [0.15, 0.2) is 24.5 Å². The fourth-order valence-electron chi connectivity index (χ4n) is 1.95. The van der Waals surface area contributed by atoms with E-state index in [9.17, 15) is 4.79 Å². The first-order chi connectivity index (χ1) is 8.58. The average Bonchev–Trinajstić information content (AvgIpc) is 2.75. The van der Waals surface area contributed by atoms with E-state index in [1.165, 1.54) is 0 Å². The Balaban J connectivity index is 2.16. The third-order valence-electron chi connectivity index (χ3n) is 2.78. The molecule has 0 amide bonds. The Morgan fingerprint density at radius 1 is 1.28 bits per heavy atom. The lowest BCUT2D eigenvalue weighted by Crippen LogP contribution is -2.05. The summed E-state index contributed by atoms with van der Waals surface area (Å²) in [6.07, 6.45) is 4.06. The van der Waals surface area contributed by atoms with Crippen molar-refractivity contribution in [1.29, 1.82) is 0 Å². The zero-order chi connectivity index (χ0) is 13.1. The summed E-state index contributed by atoms with van der Waals surface area (Å²) in [5.41, 5.74) is 3.43. The van der Waals surface area contributed by atoms with Crippen LogP contribution in [0.1, 0.15) is 34.2 Å². The molecule has 0 unspecified atom stereocenters. The van der Waals surface area contributed by atoms with Crippen LogP contribution in [-0.4, -0.2) is 20.5 Å². The van der Waals surface area contributed by atoms with Gasteiger partial charge in [0.1, 0.15) is 0 Å². The molecule has 0 radical (unpaired) electrons. The van der Waals surface area contributed by atoms with Crippen molar-refractivity contribution in [3.63, 3.8) is 0 Å². The third-order valence-corrected chi connectivity index (χ3v) is 2.78. The summed E-state index contributed by atoms with van der Waals surface area (Å²) in [6, 6.07) is 3.67. The Morgan fingerprint density at radius 2 is 1.94 bits per heavy atom. The molecule has 2 aromatic rings. The van der Waals surface area contributed by atoms with Crippen molar-refractivity contribution in [1.82, 2.24) is 14.8 Å². The summed E-state index contributed by atoms with van der Waals surface area (Å²) in [4.78, 5) is 16.4. The van der Waals surface area contributed by atoms with E-state index in [0.29, 0.717) is 6.42 Å². The number of aromatic nitrogens is 3. The van der Waals surface area contributed by atoms with Gasteiger partial charge in [-0.1, -0.05) is 0 Å². The van der Waals surface area contributed by atoms with E-state index < -0.39 is 0 Å². The standard InChI is InChI=1S/C14H17N3O/c1-4-17-9-12(8-15-17)7-14(18)13-5-10(2)16-11(3)6-13/h5-6,8-9H,4,7H2,1-3H3. The van der Waals surface area contributed by atoms with Crippen molar-refractivity contribution in [3.05, 3.63) is 47.0 Å². The Labute approximate surface area is 107 Å². The van der Waals surface area contributed by atoms with Gasteiger partial charge in [-0.3, -0.25) is 14.5 Å². The molecule has 0 fully saturated rings. The molecule has 0 saturated heterocycles. The van der Waals surface area contributed by atoms with Crippen LogP contribution in [0.25, 0.3) is 0 Å². The van der Waals surface area contributed by atoms with Crippen LogP contribution >= 0.6 is 0 Å². The molecule has 0 bridgehead atoms. The number of Topliss-reactive ketones (excluding diaryl/α,β-unsaturated/α-hetero) is 1. The zero-order valence-electron chi connectivity index (χ0n) is 11.0. The van der Waals surface area contributed by atoms with Crippen molar-refractivity contribution in [2.45, 2.75) is 33.7 Å². The Kier molecular flexibility index (Phi) is 3.55. The molecule has 4 nitrogen and oxygen atoms in total. The second kappa shape index (κ2) is 5.12. The van der Waals surface area contributed by atoms with Gasteiger partial charge in [0.15, 0.2) is 5.78 Å². The molecule has 18 heavy (non-hydrogen) atoms. The van der Waals surface area contributed by atoms with Crippen LogP contribution in [0.2, 0.25) is 0 Å². The highest BCUT2D eigenvalue weighted by Gasteiger charge is 2.10. The van der Waals surface area contributed by atoms with Gasteiger partial charge in [0.25, 0.3) is 0 Å². The first-order valence-electron chi connectivity index (χ1n) is 6.08. The first kappa shape index (κ1) is 12.5. The maximum Gasteiger partial charge on any atom is 0.167 e. The molecule has 2 aromatic heterocycles. The molecular formula is C14H17N3O. The third kappa shape index (κ3) is 2.83. The van der Waals surface area contributed by atoms with E-state index in [-0.39, 0.29) is 5.78 Å². The maximum absolute atomic E-state index is 12.2. The molecule has 0 aliphatic carbocycles. The lowest BCUT2D eigenvalue weighted by atomic mass is 10.0. The topological polar surface area (TPSA) is 47.8 Å². The van der Waals surface area contributed by atoms with Crippen LogP contribution in [0.3, 0.4) is 0 Å². The lowest BCUT2D eigenvalue weighted by Gasteiger charge is -2.02. The van der Waals surface area contributed by atoms with Gasteiger partial charge in [-0.25, -0.2) is 0 Å². The molecule has 0 aromatic carbocycles. The van der Waals surface area contributed by atoms with Gasteiger partial charge in [0.05, 0.1) is 6.20 Å². The van der Waals surface area contributed by atoms with Crippen molar-refractivity contribution in [2.24, 2.45) is 0 Å². The Bertz CT molecular complexity index is 552. The molecular weight excluding hydrogens is 226 g/mol. The highest BCUT2D eigenvalue weighted by molar-refractivity contribution is 5.97. The van der Waals surface area contributed by atoms with E-state index >= 15 is 0 Å². The number of pyridine rings is 1. The van der Waals surface area contributed by atoms with E-state index in [1.54, 1.807) is 6.20 Å². The monoisotopic (exact) mass is 243 g/mol. The highest BCUT2D eigenvalue weighted by atomic mass is 16.1. The molecule has 0 atom stereocenters. The fourth-order valence-corrected chi connectivity index (χ4v) is 1.95. The number of hydrogen-bond donors (Lipinski definition) is 0. The van der Waals surface area contributed by atoms with Crippen molar-refractivity contribution < 1.29 is 4.79 Å². The smallest absolute Gasteiger partial charge is 0.167 e. The minimum atomic E-state index is 0.110. The molecule has 2 heterocycles. The lowest BCUT2D eigenvalue weighted by molar-refractivity contribution is 0.0992. The van der Waals surface area contributed by atoms with Crippen LogP contribution < -0.4 is 0 Å². The predicted octanol–water partition coefficient (Wildman–Crippen LogP) is 2.34. The number of nitrogens with zero attached hydrogens (tertiary/aromatic N) is 3. The fraction of sp³-hybridized carbons (Fsp3) is 0.357. The van der Waals surface area contributed by atoms with Gasteiger partial charge in [-0.2, -0.15) is 5.10 Å². The normalized spacial score (nSPS) is 10.6. The van der Waals surface area contributed by atoms with E-state index in [0.717, 1.165) is 29.1 Å². The number of ketones is 1. The van der Waals surface area contributed by atoms with Crippen molar-refractivity contribution in [3.8, 4) is 0 Å². The van der Waals surface area contributed by atoms with E-state index in [2.05, 4.69) is 10.1 Å². The highest BCUT2D eigenvalue weighted by Crippen LogP contribution is 2.10. The second-order valence-electron chi connectivity index (χ2n) is 4.44. The van der Waals surface area contributed by atoms with Gasteiger partial charge >= 0.3 is 0 Å². The SMILES string of the molecule is CCn1cc(CC(=O)c2cc(C)nc(C)c2)cn1. The number of hydrogen-bond acceptors (Lipinski definition) is 3. The van der Waals surface area contributed by atoms with Crippen LogP contribution in [0.4, 0.5) is 0 Å².